The summed E-state index contributed by atoms with van der Waals surface area (Å²) in [6.45, 7) is 5.76. The van der Waals surface area contributed by atoms with E-state index in [-0.39, 0.29) is 42.8 Å². The number of rotatable bonds is 3. The number of likely N-dealkylation sites (N-methyl/N-ethyl adjacent to an activating group) is 1. The summed E-state index contributed by atoms with van der Waals surface area (Å²) in [7, 11) is 3.93. The molecule has 0 spiro atoms. The molecule has 1 amide bonds. The second-order valence-corrected chi connectivity index (χ2v) is 5.34. The summed E-state index contributed by atoms with van der Waals surface area (Å²) in [6.07, 6.45) is 2.07. The van der Waals surface area contributed by atoms with Gasteiger partial charge in [0.1, 0.15) is 0 Å². The van der Waals surface area contributed by atoms with Crippen LogP contribution in [-0.4, -0.2) is 55.0 Å². The molecule has 0 bridgehead atoms. The molecular formula is C12H27Cl2N3O. The van der Waals surface area contributed by atoms with Gasteiger partial charge in [0.25, 0.3) is 0 Å². The third-order valence-corrected chi connectivity index (χ3v) is 3.21. The van der Waals surface area contributed by atoms with Gasteiger partial charge in [0, 0.05) is 19.1 Å². The molecule has 0 aromatic heterocycles. The van der Waals surface area contributed by atoms with Crippen LogP contribution in [0.3, 0.4) is 0 Å². The fraction of sp³-hybridized carbons (Fsp3) is 0.917. The van der Waals surface area contributed by atoms with Gasteiger partial charge in [0.15, 0.2) is 0 Å². The zero-order chi connectivity index (χ0) is 12.3. The average Bonchev–Trinajstić information content (AvgIpc) is 2.16. The molecule has 0 saturated carbocycles. The van der Waals surface area contributed by atoms with Crippen LogP contribution in [0.2, 0.25) is 0 Å². The van der Waals surface area contributed by atoms with Crippen LogP contribution in [-0.2, 0) is 4.79 Å². The molecular weight excluding hydrogens is 273 g/mol. The van der Waals surface area contributed by atoms with E-state index in [0.717, 1.165) is 25.9 Å². The van der Waals surface area contributed by atoms with Gasteiger partial charge in [-0.3, -0.25) is 9.69 Å². The second-order valence-electron chi connectivity index (χ2n) is 5.34. The number of likely N-dealkylation sites (tertiary alicyclic amines) is 1. The summed E-state index contributed by atoms with van der Waals surface area (Å²) in [5, 5.41) is 0. The Balaban J connectivity index is 0. The molecule has 0 aromatic carbocycles. The smallest absolute Gasteiger partial charge is 0.240 e. The van der Waals surface area contributed by atoms with E-state index in [1.807, 2.05) is 23.9 Å². The monoisotopic (exact) mass is 299 g/mol. The largest absolute Gasteiger partial charge is 0.340 e. The number of hydrogen-bond donors (Lipinski definition) is 1. The van der Waals surface area contributed by atoms with Gasteiger partial charge in [0.05, 0.1) is 6.04 Å². The molecule has 1 aliphatic rings. The number of nitrogens with two attached hydrogens (primary N) is 1. The van der Waals surface area contributed by atoms with E-state index in [2.05, 4.69) is 13.8 Å². The number of nitrogens with zero attached hydrogens (tertiary/aromatic N) is 2. The highest BCUT2D eigenvalue weighted by Crippen LogP contribution is 2.15. The molecule has 1 aliphatic heterocycles. The zero-order valence-electron chi connectivity index (χ0n) is 11.8. The maximum Gasteiger partial charge on any atom is 0.240 e. The van der Waals surface area contributed by atoms with Gasteiger partial charge in [-0.15, -0.1) is 24.8 Å². The minimum Gasteiger partial charge on any atom is -0.340 e. The Hall–Kier alpha value is -0.0300. The van der Waals surface area contributed by atoms with Crippen molar-refractivity contribution in [3.05, 3.63) is 0 Å². The first-order valence-corrected chi connectivity index (χ1v) is 6.14. The average molecular weight is 300 g/mol. The predicted molar refractivity (Wildman–Crippen MR) is 80.6 cm³/mol. The molecule has 0 aliphatic carbocycles. The van der Waals surface area contributed by atoms with Gasteiger partial charge in [-0.05, 0) is 32.9 Å². The Morgan fingerprint density at radius 2 is 1.89 bits per heavy atom. The van der Waals surface area contributed by atoms with E-state index in [1.54, 1.807) is 0 Å². The summed E-state index contributed by atoms with van der Waals surface area (Å²) in [4.78, 5) is 16.3. The van der Waals surface area contributed by atoms with Gasteiger partial charge in [-0.1, -0.05) is 13.8 Å². The van der Waals surface area contributed by atoms with Crippen molar-refractivity contribution in [1.29, 1.82) is 0 Å². The Morgan fingerprint density at radius 1 is 1.33 bits per heavy atom. The number of hydrogen-bond acceptors (Lipinski definition) is 3. The molecule has 1 saturated heterocycles. The third kappa shape index (κ3) is 5.31. The molecule has 0 aromatic rings. The van der Waals surface area contributed by atoms with Crippen molar-refractivity contribution < 1.29 is 4.79 Å². The SMILES string of the molecule is CC(C)C(C(=O)N1CCCC(N)C1)N(C)C.Cl.Cl. The first-order chi connectivity index (χ1) is 7.43. The Labute approximate surface area is 123 Å². The first-order valence-electron chi connectivity index (χ1n) is 6.14. The van der Waals surface area contributed by atoms with Crippen molar-refractivity contribution in [2.75, 3.05) is 27.2 Å². The van der Waals surface area contributed by atoms with Crippen LogP contribution in [0.4, 0.5) is 0 Å². The quantitative estimate of drug-likeness (QED) is 0.856. The van der Waals surface area contributed by atoms with E-state index < -0.39 is 0 Å². The van der Waals surface area contributed by atoms with E-state index in [4.69, 9.17) is 5.73 Å². The van der Waals surface area contributed by atoms with Crippen molar-refractivity contribution in [3.63, 3.8) is 0 Å². The molecule has 4 nitrogen and oxygen atoms in total. The molecule has 1 heterocycles. The molecule has 1 fully saturated rings. The lowest BCUT2D eigenvalue weighted by atomic mass is 9.99. The van der Waals surface area contributed by atoms with Crippen molar-refractivity contribution in [1.82, 2.24) is 9.80 Å². The van der Waals surface area contributed by atoms with Gasteiger partial charge >= 0.3 is 0 Å². The normalized spacial score (nSPS) is 21.3. The fourth-order valence-corrected chi connectivity index (χ4v) is 2.50. The second kappa shape index (κ2) is 8.97. The van der Waals surface area contributed by atoms with Crippen LogP contribution in [0.1, 0.15) is 26.7 Å². The van der Waals surface area contributed by atoms with Crippen LogP contribution in [0, 0.1) is 5.92 Å². The van der Waals surface area contributed by atoms with E-state index in [0.29, 0.717) is 5.92 Å². The first kappa shape index (κ1) is 20.3. The summed E-state index contributed by atoms with van der Waals surface area (Å²) in [6, 6.07) is 0.137. The third-order valence-electron chi connectivity index (χ3n) is 3.21. The lowest BCUT2D eigenvalue weighted by Crippen LogP contribution is -2.53. The van der Waals surface area contributed by atoms with Crippen molar-refractivity contribution in [2.45, 2.75) is 38.8 Å². The highest BCUT2D eigenvalue weighted by molar-refractivity contribution is 5.85. The van der Waals surface area contributed by atoms with Gasteiger partial charge < -0.3 is 10.6 Å². The fourth-order valence-electron chi connectivity index (χ4n) is 2.50. The minimum absolute atomic E-state index is 0. The van der Waals surface area contributed by atoms with Crippen molar-refractivity contribution in [3.8, 4) is 0 Å². The molecule has 1 rings (SSSR count). The van der Waals surface area contributed by atoms with Gasteiger partial charge in [-0.25, -0.2) is 0 Å². The summed E-state index contributed by atoms with van der Waals surface area (Å²) in [5.41, 5.74) is 5.91. The summed E-state index contributed by atoms with van der Waals surface area (Å²) < 4.78 is 0. The lowest BCUT2D eigenvalue weighted by molar-refractivity contribution is -0.138. The van der Waals surface area contributed by atoms with Crippen LogP contribution in [0.25, 0.3) is 0 Å². The molecule has 2 unspecified atom stereocenters. The number of amides is 1. The highest BCUT2D eigenvalue weighted by atomic mass is 35.5. The topological polar surface area (TPSA) is 49.6 Å². The zero-order valence-corrected chi connectivity index (χ0v) is 13.4. The Kier molecular flexibility index (Phi) is 10.1. The maximum absolute atomic E-state index is 12.4. The van der Waals surface area contributed by atoms with Gasteiger partial charge in [-0.2, -0.15) is 0 Å². The standard InChI is InChI=1S/C12H25N3O.2ClH/c1-9(2)11(14(3)4)12(16)15-7-5-6-10(13)8-15;;/h9-11H,5-8,13H2,1-4H3;2*1H. The summed E-state index contributed by atoms with van der Waals surface area (Å²) >= 11 is 0. The number of carbonyl (C=O) groups is 1. The van der Waals surface area contributed by atoms with Crippen LogP contribution in [0.15, 0.2) is 0 Å². The van der Waals surface area contributed by atoms with Crippen molar-refractivity contribution >= 4 is 30.7 Å². The molecule has 6 heteroatoms. The molecule has 110 valence electrons. The number of piperidine rings is 1. The minimum atomic E-state index is -0.0229. The van der Waals surface area contributed by atoms with Crippen LogP contribution >= 0.6 is 24.8 Å². The number of halogens is 2. The molecule has 0 radical (unpaired) electrons. The number of carbonyl (C=O) groups excluding carboxylic acids is 1. The molecule has 2 N–H and O–H groups in total. The van der Waals surface area contributed by atoms with E-state index in [1.165, 1.54) is 0 Å². The summed E-state index contributed by atoms with van der Waals surface area (Å²) in [5.74, 6) is 0.566. The van der Waals surface area contributed by atoms with Crippen LogP contribution < -0.4 is 5.73 Å². The Morgan fingerprint density at radius 3 is 2.28 bits per heavy atom. The van der Waals surface area contributed by atoms with Gasteiger partial charge in [0.2, 0.25) is 5.91 Å². The Bertz CT molecular complexity index is 241. The molecule has 18 heavy (non-hydrogen) atoms. The lowest BCUT2D eigenvalue weighted by Gasteiger charge is -2.36. The highest BCUT2D eigenvalue weighted by Gasteiger charge is 2.30. The van der Waals surface area contributed by atoms with E-state index in [9.17, 15) is 4.79 Å². The predicted octanol–water partition coefficient (Wildman–Crippen LogP) is 1.37. The van der Waals surface area contributed by atoms with E-state index >= 15 is 0 Å². The molecule has 2 atom stereocenters. The maximum atomic E-state index is 12.4. The van der Waals surface area contributed by atoms with Crippen LogP contribution in [0.5, 0.6) is 0 Å². The van der Waals surface area contributed by atoms with Crippen molar-refractivity contribution in [2.24, 2.45) is 11.7 Å².